The molecule has 0 bridgehead atoms. The van der Waals surface area contributed by atoms with Crippen LogP contribution in [0.25, 0.3) is 0 Å². The van der Waals surface area contributed by atoms with Crippen molar-refractivity contribution in [3.63, 3.8) is 0 Å². The average Bonchev–Trinajstić information content (AvgIpc) is 2.56. The third-order valence-corrected chi connectivity index (χ3v) is 4.59. The van der Waals surface area contributed by atoms with E-state index >= 15 is 0 Å². The molecule has 23 heavy (non-hydrogen) atoms. The number of halogens is 2. The van der Waals surface area contributed by atoms with Crippen LogP contribution in [0.2, 0.25) is 0 Å². The molecule has 1 aliphatic heterocycles. The van der Waals surface area contributed by atoms with Crippen LogP contribution in [0.3, 0.4) is 0 Å². The van der Waals surface area contributed by atoms with Crippen molar-refractivity contribution in [2.75, 3.05) is 19.8 Å². The highest BCUT2D eigenvalue weighted by Gasteiger charge is 2.34. The average molecular weight is 317 g/mol. The lowest BCUT2D eigenvalue weighted by Crippen LogP contribution is -2.42. The smallest absolute Gasteiger partial charge is 0.123 e. The van der Waals surface area contributed by atoms with Crippen molar-refractivity contribution < 1.29 is 13.5 Å². The fraction of sp³-hybridized carbons (Fsp3) is 0.368. The van der Waals surface area contributed by atoms with E-state index in [1.807, 2.05) is 18.2 Å². The topological polar surface area (TPSA) is 21.3 Å². The number of rotatable bonds is 5. The highest BCUT2D eigenvalue weighted by Crippen LogP contribution is 2.34. The van der Waals surface area contributed by atoms with Crippen molar-refractivity contribution in [3.05, 3.63) is 71.3 Å². The van der Waals surface area contributed by atoms with E-state index in [2.05, 4.69) is 5.32 Å². The first-order valence-corrected chi connectivity index (χ1v) is 7.97. The summed E-state index contributed by atoms with van der Waals surface area (Å²) < 4.78 is 32.0. The van der Waals surface area contributed by atoms with E-state index in [1.54, 1.807) is 12.1 Å². The van der Waals surface area contributed by atoms with Gasteiger partial charge in [0.25, 0.3) is 0 Å². The van der Waals surface area contributed by atoms with Crippen LogP contribution in [0, 0.1) is 11.6 Å². The van der Waals surface area contributed by atoms with Crippen LogP contribution < -0.4 is 5.32 Å². The molecule has 0 aliphatic carbocycles. The Hall–Kier alpha value is -1.78. The maximum absolute atomic E-state index is 13.2. The lowest BCUT2D eigenvalue weighted by molar-refractivity contribution is 0.0497. The minimum absolute atomic E-state index is 0.0563. The summed E-state index contributed by atoms with van der Waals surface area (Å²) in [4.78, 5) is 0. The van der Waals surface area contributed by atoms with Crippen LogP contribution in [0.4, 0.5) is 8.78 Å². The Bertz CT molecular complexity index is 636. The van der Waals surface area contributed by atoms with Gasteiger partial charge in [-0.1, -0.05) is 24.3 Å². The summed E-state index contributed by atoms with van der Waals surface area (Å²) >= 11 is 0. The maximum atomic E-state index is 13.2. The summed E-state index contributed by atoms with van der Waals surface area (Å²) in [6, 6.07) is 13.4. The maximum Gasteiger partial charge on any atom is 0.123 e. The van der Waals surface area contributed by atoms with Gasteiger partial charge in [0, 0.05) is 31.7 Å². The highest BCUT2D eigenvalue weighted by atomic mass is 19.1. The molecule has 1 N–H and O–H groups in total. The molecule has 2 aromatic rings. The standard InChI is InChI=1S/C19H21F2NO/c20-17-6-4-16(5-7-17)19(8-10-23-11-9-19)14-22-13-15-2-1-3-18(21)12-15/h1-7,12,22H,8-11,13-14H2. The van der Waals surface area contributed by atoms with Gasteiger partial charge in [0.05, 0.1) is 0 Å². The van der Waals surface area contributed by atoms with Crippen molar-refractivity contribution in [3.8, 4) is 0 Å². The Morgan fingerprint density at radius 2 is 1.70 bits per heavy atom. The molecule has 1 heterocycles. The number of ether oxygens (including phenoxy) is 1. The van der Waals surface area contributed by atoms with Crippen molar-refractivity contribution in [2.45, 2.75) is 24.8 Å². The predicted octanol–water partition coefficient (Wildman–Crippen LogP) is 3.80. The Labute approximate surface area is 135 Å². The molecule has 1 saturated heterocycles. The third kappa shape index (κ3) is 3.95. The fourth-order valence-electron chi connectivity index (χ4n) is 3.23. The summed E-state index contributed by atoms with van der Waals surface area (Å²) in [5.74, 6) is -0.438. The van der Waals surface area contributed by atoms with Crippen molar-refractivity contribution in [2.24, 2.45) is 0 Å². The molecule has 4 heteroatoms. The molecule has 0 saturated carbocycles. The molecule has 0 amide bonds. The lowest BCUT2D eigenvalue weighted by atomic mass is 9.74. The molecule has 1 fully saturated rings. The zero-order valence-corrected chi connectivity index (χ0v) is 13.0. The number of nitrogens with one attached hydrogen (secondary N) is 1. The highest BCUT2D eigenvalue weighted by molar-refractivity contribution is 5.27. The van der Waals surface area contributed by atoms with E-state index < -0.39 is 0 Å². The lowest BCUT2D eigenvalue weighted by Gasteiger charge is -2.38. The van der Waals surface area contributed by atoms with Gasteiger partial charge in [-0.15, -0.1) is 0 Å². The second kappa shape index (κ2) is 7.20. The van der Waals surface area contributed by atoms with Gasteiger partial charge in [-0.2, -0.15) is 0 Å². The van der Waals surface area contributed by atoms with Crippen LogP contribution in [0.15, 0.2) is 48.5 Å². The zero-order chi connectivity index (χ0) is 16.1. The molecule has 2 aromatic carbocycles. The van der Waals surface area contributed by atoms with Gasteiger partial charge in [-0.25, -0.2) is 8.78 Å². The van der Waals surface area contributed by atoms with E-state index in [4.69, 9.17) is 4.74 Å². The van der Waals surface area contributed by atoms with E-state index in [0.29, 0.717) is 19.8 Å². The first kappa shape index (κ1) is 16.1. The van der Waals surface area contributed by atoms with Crippen molar-refractivity contribution in [1.29, 1.82) is 0 Å². The van der Waals surface area contributed by atoms with Crippen LogP contribution >= 0.6 is 0 Å². The molecule has 1 aliphatic rings. The van der Waals surface area contributed by atoms with E-state index in [-0.39, 0.29) is 17.0 Å². The number of hydrogen-bond donors (Lipinski definition) is 1. The monoisotopic (exact) mass is 317 g/mol. The Morgan fingerprint density at radius 1 is 0.957 bits per heavy atom. The summed E-state index contributed by atoms with van der Waals surface area (Å²) in [5.41, 5.74) is 2.00. The van der Waals surface area contributed by atoms with Gasteiger partial charge in [-0.3, -0.25) is 0 Å². The van der Waals surface area contributed by atoms with E-state index in [1.165, 1.54) is 18.2 Å². The SMILES string of the molecule is Fc1ccc(C2(CNCc3cccc(F)c3)CCOCC2)cc1. The molecule has 2 nitrogen and oxygen atoms in total. The second-order valence-corrected chi connectivity index (χ2v) is 6.13. The Balaban J connectivity index is 1.70. The molecule has 0 atom stereocenters. The van der Waals surface area contributed by atoms with Gasteiger partial charge < -0.3 is 10.1 Å². The van der Waals surface area contributed by atoms with Crippen LogP contribution in [-0.4, -0.2) is 19.8 Å². The number of hydrogen-bond acceptors (Lipinski definition) is 2. The third-order valence-electron chi connectivity index (χ3n) is 4.59. The molecule has 122 valence electrons. The first-order valence-electron chi connectivity index (χ1n) is 7.97. The van der Waals surface area contributed by atoms with Gasteiger partial charge in [0.15, 0.2) is 0 Å². The van der Waals surface area contributed by atoms with Crippen LogP contribution in [0.1, 0.15) is 24.0 Å². The normalized spacial score (nSPS) is 17.1. The predicted molar refractivity (Wildman–Crippen MR) is 86.2 cm³/mol. The molecular formula is C19H21F2NO. The molecular weight excluding hydrogens is 296 g/mol. The molecule has 0 radical (unpaired) electrons. The summed E-state index contributed by atoms with van der Waals surface area (Å²) in [6.07, 6.45) is 1.80. The Morgan fingerprint density at radius 3 is 2.39 bits per heavy atom. The minimum Gasteiger partial charge on any atom is -0.381 e. The second-order valence-electron chi connectivity index (χ2n) is 6.13. The quantitative estimate of drug-likeness (QED) is 0.905. The Kier molecular flexibility index (Phi) is 5.03. The first-order chi connectivity index (χ1) is 11.2. The minimum atomic E-state index is -0.219. The van der Waals surface area contributed by atoms with Crippen molar-refractivity contribution >= 4 is 0 Å². The van der Waals surface area contributed by atoms with Gasteiger partial charge >= 0.3 is 0 Å². The summed E-state index contributed by atoms with van der Waals surface area (Å²) in [7, 11) is 0. The summed E-state index contributed by atoms with van der Waals surface area (Å²) in [6.45, 7) is 2.79. The molecule has 0 aromatic heterocycles. The van der Waals surface area contributed by atoms with Crippen LogP contribution in [-0.2, 0) is 16.7 Å². The molecule has 0 spiro atoms. The molecule has 3 rings (SSSR count). The van der Waals surface area contributed by atoms with E-state index in [0.717, 1.165) is 30.5 Å². The van der Waals surface area contributed by atoms with Crippen LogP contribution in [0.5, 0.6) is 0 Å². The fourth-order valence-corrected chi connectivity index (χ4v) is 3.23. The van der Waals surface area contributed by atoms with Gasteiger partial charge in [0.2, 0.25) is 0 Å². The number of benzene rings is 2. The van der Waals surface area contributed by atoms with Crippen molar-refractivity contribution in [1.82, 2.24) is 5.32 Å². The molecule has 0 unspecified atom stereocenters. The van der Waals surface area contributed by atoms with Gasteiger partial charge in [0.1, 0.15) is 11.6 Å². The van der Waals surface area contributed by atoms with Gasteiger partial charge in [-0.05, 0) is 48.2 Å². The summed E-state index contributed by atoms with van der Waals surface area (Å²) in [5, 5.41) is 3.44. The zero-order valence-electron chi connectivity index (χ0n) is 13.0. The van der Waals surface area contributed by atoms with E-state index in [9.17, 15) is 8.78 Å². The largest absolute Gasteiger partial charge is 0.381 e.